The zero-order valence-electron chi connectivity index (χ0n) is 15.0. The molecule has 5 nitrogen and oxygen atoms in total. The number of rotatable bonds is 6. The minimum atomic E-state index is -0.0164. The van der Waals surface area contributed by atoms with Crippen LogP contribution in [0.5, 0.6) is 5.75 Å². The largest absolute Gasteiger partial charge is 0.496 e. The van der Waals surface area contributed by atoms with Crippen molar-refractivity contribution in [2.75, 3.05) is 7.11 Å². The number of para-hydroxylation sites is 1. The molecule has 0 N–H and O–H groups in total. The summed E-state index contributed by atoms with van der Waals surface area (Å²) in [6.07, 6.45) is 5.40. The molecule has 0 spiro atoms. The monoisotopic (exact) mass is 327 g/mol. The van der Waals surface area contributed by atoms with Crippen molar-refractivity contribution in [3.63, 3.8) is 0 Å². The first-order valence-corrected chi connectivity index (χ1v) is 8.02. The van der Waals surface area contributed by atoms with Crippen molar-refractivity contribution in [1.82, 2.24) is 14.7 Å². The summed E-state index contributed by atoms with van der Waals surface area (Å²) >= 11 is 0. The summed E-state index contributed by atoms with van der Waals surface area (Å²) in [5, 5.41) is 4.17. The lowest BCUT2D eigenvalue weighted by Gasteiger charge is -2.25. The first-order chi connectivity index (χ1) is 11.4. The van der Waals surface area contributed by atoms with Crippen molar-refractivity contribution >= 4 is 11.5 Å². The predicted octanol–water partition coefficient (Wildman–Crippen LogP) is 3.27. The molecule has 2 aromatic rings. The van der Waals surface area contributed by atoms with Crippen LogP contribution in [0, 0.1) is 0 Å². The third-order valence-corrected chi connectivity index (χ3v) is 3.89. The fourth-order valence-electron chi connectivity index (χ4n) is 2.58. The second kappa shape index (κ2) is 7.81. The quantitative estimate of drug-likeness (QED) is 0.765. The van der Waals surface area contributed by atoms with Crippen molar-refractivity contribution in [1.29, 1.82) is 0 Å². The molecule has 1 aromatic carbocycles. The fraction of sp³-hybridized carbons (Fsp3) is 0.368. The topological polar surface area (TPSA) is 47.4 Å². The van der Waals surface area contributed by atoms with E-state index in [1.165, 1.54) is 0 Å². The van der Waals surface area contributed by atoms with Gasteiger partial charge in [0.1, 0.15) is 5.75 Å². The molecule has 2 rings (SSSR count). The Morgan fingerprint density at radius 2 is 2.08 bits per heavy atom. The van der Waals surface area contributed by atoms with Gasteiger partial charge in [0.25, 0.3) is 0 Å². The van der Waals surface area contributed by atoms with Crippen molar-refractivity contribution in [2.45, 2.75) is 33.4 Å². The van der Waals surface area contributed by atoms with Crippen LogP contribution in [-0.2, 0) is 18.4 Å². The van der Waals surface area contributed by atoms with Crippen LogP contribution in [0.3, 0.4) is 0 Å². The maximum absolute atomic E-state index is 12.8. The molecule has 1 heterocycles. The van der Waals surface area contributed by atoms with Gasteiger partial charge in [-0.2, -0.15) is 5.10 Å². The lowest BCUT2D eigenvalue weighted by atomic mass is 10.1. The average molecular weight is 327 g/mol. The van der Waals surface area contributed by atoms with Gasteiger partial charge in [0.05, 0.1) is 13.3 Å². The van der Waals surface area contributed by atoms with E-state index in [1.807, 2.05) is 63.2 Å². The Balaban J connectivity index is 2.23. The summed E-state index contributed by atoms with van der Waals surface area (Å²) < 4.78 is 7.12. The van der Waals surface area contributed by atoms with Gasteiger partial charge in [0.2, 0.25) is 5.91 Å². The van der Waals surface area contributed by atoms with Gasteiger partial charge >= 0.3 is 0 Å². The number of aromatic nitrogens is 2. The Bertz CT molecular complexity index is 732. The number of ether oxygens (including phenoxy) is 1. The van der Waals surface area contributed by atoms with Crippen LogP contribution in [0.1, 0.15) is 31.9 Å². The highest BCUT2D eigenvalue weighted by Crippen LogP contribution is 2.25. The van der Waals surface area contributed by atoms with E-state index in [0.717, 1.165) is 22.4 Å². The summed E-state index contributed by atoms with van der Waals surface area (Å²) in [5.74, 6) is 0.750. The SMILES string of the molecule is COc1ccccc1/C(C)=C\C(=O)N(Cc1cnn(C)c1)C(C)C. The molecule has 0 fully saturated rings. The zero-order chi connectivity index (χ0) is 17.7. The standard InChI is InChI=1S/C19H25N3O2/c1-14(2)22(13-16-11-20-21(4)12-16)19(23)10-15(3)17-8-6-7-9-18(17)24-5/h6-12,14H,13H2,1-5H3/b15-10-. The van der Waals surface area contributed by atoms with Gasteiger partial charge in [-0.15, -0.1) is 0 Å². The van der Waals surface area contributed by atoms with Gasteiger partial charge < -0.3 is 9.64 Å². The Morgan fingerprint density at radius 3 is 2.67 bits per heavy atom. The Morgan fingerprint density at radius 1 is 1.38 bits per heavy atom. The molecule has 0 aliphatic heterocycles. The van der Waals surface area contributed by atoms with Crippen LogP contribution in [-0.4, -0.2) is 33.7 Å². The van der Waals surface area contributed by atoms with E-state index in [2.05, 4.69) is 5.10 Å². The minimum Gasteiger partial charge on any atom is -0.496 e. The van der Waals surface area contributed by atoms with Crippen molar-refractivity contribution in [3.8, 4) is 5.75 Å². The molecule has 1 aromatic heterocycles. The predicted molar refractivity (Wildman–Crippen MR) is 95.5 cm³/mol. The number of nitrogens with zero attached hydrogens (tertiary/aromatic N) is 3. The smallest absolute Gasteiger partial charge is 0.247 e. The number of allylic oxidation sites excluding steroid dienone is 1. The molecule has 0 aliphatic rings. The lowest BCUT2D eigenvalue weighted by Crippen LogP contribution is -2.35. The normalized spacial score (nSPS) is 11.7. The Kier molecular flexibility index (Phi) is 5.79. The van der Waals surface area contributed by atoms with Crippen LogP contribution in [0.4, 0.5) is 0 Å². The number of carbonyl (C=O) groups is 1. The van der Waals surface area contributed by atoms with Gasteiger partial charge in [-0.3, -0.25) is 9.48 Å². The summed E-state index contributed by atoms with van der Waals surface area (Å²) in [6, 6.07) is 7.81. The number of hydrogen-bond acceptors (Lipinski definition) is 3. The van der Waals surface area contributed by atoms with E-state index < -0.39 is 0 Å². The molecule has 0 saturated carbocycles. The van der Waals surface area contributed by atoms with Crippen molar-refractivity contribution in [2.24, 2.45) is 7.05 Å². The summed E-state index contributed by atoms with van der Waals surface area (Å²) in [7, 11) is 3.51. The van der Waals surface area contributed by atoms with Gasteiger partial charge in [0.15, 0.2) is 0 Å². The zero-order valence-corrected chi connectivity index (χ0v) is 15.0. The average Bonchev–Trinajstić information content (AvgIpc) is 2.97. The molecule has 128 valence electrons. The summed E-state index contributed by atoms with van der Waals surface area (Å²) in [4.78, 5) is 14.6. The van der Waals surface area contributed by atoms with E-state index in [1.54, 1.807) is 24.1 Å². The molecular formula is C19H25N3O2. The fourth-order valence-corrected chi connectivity index (χ4v) is 2.58. The molecular weight excluding hydrogens is 302 g/mol. The molecule has 5 heteroatoms. The Hall–Kier alpha value is -2.56. The second-order valence-electron chi connectivity index (χ2n) is 6.11. The van der Waals surface area contributed by atoms with Crippen LogP contribution >= 0.6 is 0 Å². The number of aryl methyl sites for hydroxylation is 1. The highest BCUT2D eigenvalue weighted by Gasteiger charge is 2.17. The van der Waals surface area contributed by atoms with E-state index in [4.69, 9.17) is 4.74 Å². The molecule has 0 aliphatic carbocycles. The van der Waals surface area contributed by atoms with Gasteiger partial charge in [-0.05, 0) is 32.4 Å². The molecule has 24 heavy (non-hydrogen) atoms. The highest BCUT2D eigenvalue weighted by atomic mass is 16.5. The number of carbonyl (C=O) groups excluding carboxylic acids is 1. The molecule has 0 bridgehead atoms. The maximum Gasteiger partial charge on any atom is 0.247 e. The van der Waals surface area contributed by atoms with E-state index in [-0.39, 0.29) is 11.9 Å². The molecule has 1 amide bonds. The van der Waals surface area contributed by atoms with E-state index >= 15 is 0 Å². The van der Waals surface area contributed by atoms with Gasteiger partial charge in [-0.1, -0.05) is 18.2 Å². The Labute approximate surface area is 143 Å². The van der Waals surface area contributed by atoms with Crippen LogP contribution in [0.2, 0.25) is 0 Å². The third-order valence-electron chi connectivity index (χ3n) is 3.89. The number of amides is 1. The third kappa shape index (κ3) is 4.25. The van der Waals surface area contributed by atoms with Crippen LogP contribution < -0.4 is 4.74 Å². The molecule has 0 radical (unpaired) electrons. The van der Waals surface area contributed by atoms with E-state index in [0.29, 0.717) is 6.54 Å². The maximum atomic E-state index is 12.8. The first kappa shape index (κ1) is 17.8. The van der Waals surface area contributed by atoms with Crippen molar-refractivity contribution in [3.05, 3.63) is 53.9 Å². The van der Waals surface area contributed by atoms with Crippen LogP contribution in [0.25, 0.3) is 5.57 Å². The summed E-state index contributed by atoms with van der Waals surface area (Å²) in [6.45, 7) is 6.50. The first-order valence-electron chi connectivity index (χ1n) is 8.02. The molecule has 0 saturated heterocycles. The second-order valence-corrected chi connectivity index (χ2v) is 6.11. The summed E-state index contributed by atoms with van der Waals surface area (Å²) in [5.41, 5.74) is 2.83. The van der Waals surface area contributed by atoms with Gasteiger partial charge in [0, 0.05) is 43.0 Å². The van der Waals surface area contributed by atoms with Gasteiger partial charge in [-0.25, -0.2) is 0 Å². The van der Waals surface area contributed by atoms with E-state index in [9.17, 15) is 4.79 Å². The highest BCUT2D eigenvalue weighted by molar-refractivity contribution is 5.95. The minimum absolute atomic E-state index is 0.0164. The van der Waals surface area contributed by atoms with Crippen LogP contribution in [0.15, 0.2) is 42.7 Å². The van der Waals surface area contributed by atoms with Crippen molar-refractivity contribution < 1.29 is 9.53 Å². The molecule has 0 unspecified atom stereocenters. The molecule has 0 atom stereocenters. The lowest BCUT2D eigenvalue weighted by molar-refractivity contribution is -0.128. The number of hydrogen-bond donors (Lipinski definition) is 0. The number of benzene rings is 1. The number of methoxy groups -OCH3 is 1.